The summed E-state index contributed by atoms with van der Waals surface area (Å²) in [5.41, 5.74) is 6.34. The molecule has 4 atom stereocenters. The van der Waals surface area contributed by atoms with Gasteiger partial charge in [0, 0.05) is 13.2 Å². The number of fused-ring (bicyclic) bond motifs is 1. The van der Waals surface area contributed by atoms with Gasteiger partial charge in [0.2, 0.25) is 0 Å². The van der Waals surface area contributed by atoms with E-state index in [4.69, 9.17) is 10.5 Å². The quantitative estimate of drug-likeness (QED) is 0.433. The highest BCUT2D eigenvalue weighted by molar-refractivity contribution is 6.09. The molecule has 124 valence electrons. The van der Waals surface area contributed by atoms with Gasteiger partial charge >= 0.3 is 0 Å². The summed E-state index contributed by atoms with van der Waals surface area (Å²) in [6.07, 6.45) is -1.85. The van der Waals surface area contributed by atoms with E-state index >= 15 is 0 Å². The standard InChI is InChI=1S/C13H17N5O5/c1-15-12(22)5-2-18(11-7(5)10(14)16-4-17-11)13-9(21)8(20)6(3-19)23-13/h2,4,6,8-9,13,19-21H,3H2,1H3,(H,15,22)(H2,14,16,17). The van der Waals surface area contributed by atoms with Crippen molar-refractivity contribution in [3.05, 3.63) is 18.1 Å². The maximum atomic E-state index is 12.0. The fourth-order valence-corrected chi connectivity index (χ4v) is 2.72. The van der Waals surface area contributed by atoms with Gasteiger partial charge in [-0.2, -0.15) is 0 Å². The van der Waals surface area contributed by atoms with Crippen LogP contribution in [0.5, 0.6) is 0 Å². The van der Waals surface area contributed by atoms with E-state index in [1.165, 1.54) is 24.1 Å². The Morgan fingerprint density at radius 3 is 2.78 bits per heavy atom. The zero-order valence-electron chi connectivity index (χ0n) is 12.2. The number of rotatable bonds is 3. The first kappa shape index (κ1) is 15.6. The lowest BCUT2D eigenvalue weighted by Crippen LogP contribution is -2.33. The first-order valence-corrected chi connectivity index (χ1v) is 6.95. The fourth-order valence-electron chi connectivity index (χ4n) is 2.72. The molecule has 0 aliphatic carbocycles. The number of nitrogens with one attached hydrogen (secondary N) is 1. The normalized spacial score (nSPS) is 27.5. The lowest BCUT2D eigenvalue weighted by atomic mass is 10.1. The second-order valence-electron chi connectivity index (χ2n) is 5.22. The number of nitrogens with two attached hydrogens (primary N) is 1. The van der Waals surface area contributed by atoms with Gasteiger partial charge in [-0.05, 0) is 0 Å². The van der Waals surface area contributed by atoms with E-state index in [9.17, 15) is 20.1 Å². The molecule has 3 rings (SSSR count). The number of nitrogens with zero attached hydrogens (tertiary/aromatic N) is 3. The summed E-state index contributed by atoms with van der Waals surface area (Å²) in [5, 5.41) is 32.1. The summed E-state index contributed by atoms with van der Waals surface area (Å²) in [6, 6.07) is 0. The minimum absolute atomic E-state index is 0.110. The Hall–Kier alpha value is -2.27. The number of carbonyl (C=O) groups excluding carboxylic acids is 1. The highest BCUT2D eigenvalue weighted by Gasteiger charge is 2.44. The van der Waals surface area contributed by atoms with Gasteiger partial charge in [-0.1, -0.05) is 0 Å². The van der Waals surface area contributed by atoms with Crippen molar-refractivity contribution >= 4 is 22.8 Å². The number of aliphatic hydroxyl groups excluding tert-OH is 3. The molecule has 2 aromatic rings. The van der Waals surface area contributed by atoms with Gasteiger partial charge in [0.15, 0.2) is 6.23 Å². The van der Waals surface area contributed by atoms with E-state index in [-0.39, 0.29) is 17.0 Å². The highest BCUT2D eigenvalue weighted by atomic mass is 16.6. The second kappa shape index (κ2) is 5.74. The molecule has 1 aliphatic heterocycles. The van der Waals surface area contributed by atoms with Crippen molar-refractivity contribution in [1.82, 2.24) is 19.9 Å². The Kier molecular flexibility index (Phi) is 3.90. The topological polar surface area (TPSA) is 156 Å². The fraction of sp³-hybridized carbons (Fsp3) is 0.462. The number of amides is 1. The number of aliphatic hydroxyl groups is 3. The van der Waals surface area contributed by atoms with Crippen LogP contribution in [0.1, 0.15) is 16.6 Å². The van der Waals surface area contributed by atoms with E-state index in [0.717, 1.165) is 0 Å². The number of aromatic nitrogens is 3. The Morgan fingerprint density at radius 1 is 1.43 bits per heavy atom. The first-order valence-electron chi connectivity index (χ1n) is 6.95. The highest BCUT2D eigenvalue weighted by Crippen LogP contribution is 2.34. The Labute approximate surface area is 130 Å². The summed E-state index contributed by atoms with van der Waals surface area (Å²) in [7, 11) is 1.47. The first-order chi connectivity index (χ1) is 11.0. The van der Waals surface area contributed by atoms with Crippen molar-refractivity contribution in [2.45, 2.75) is 24.5 Å². The van der Waals surface area contributed by atoms with Gasteiger partial charge in [0.25, 0.3) is 5.91 Å². The number of nitrogen functional groups attached to an aromatic ring is 1. The molecule has 0 spiro atoms. The van der Waals surface area contributed by atoms with E-state index in [2.05, 4.69) is 15.3 Å². The van der Waals surface area contributed by atoms with E-state index in [1.54, 1.807) is 0 Å². The Bertz CT molecular complexity index is 748. The summed E-state index contributed by atoms with van der Waals surface area (Å²) in [5.74, 6) is -0.291. The SMILES string of the molecule is CNC(=O)c1cn(C2OC(CO)C(O)C2O)c2ncnc(N)c12. The Morgan fingerprint density at radius 2 is 2.17 bits per heavy atom. The molecule has 10 heteroatoms. The number of anilines is 1. The molecule has 0 radical (unpaired) electrons. The van der Waals surface area contributed by atoms with Crippen LogP contribution in [0, 0.1) is 0 Å². The average Bonchev–Trinajstić information content (AvgIpc) is 3.07. The predicted molar refractivity (Wildman–Crippen MR) is 78.3 cm³/mol. The summed E-state index contributed by atoms with van der Waals surface area (Å²) in [6.45, 7) is -0.451. The minimum Gasteiger partial charge on any atom is -0.394 e. The third-order valence-corrected chi connectivity index (χ3v) is 3.90. The van der Waals surface area contributed by atoms with Crippen LogP contribution >= 0.6 is 0 Å². The van der Waals surface area contributed by atoms with Crippen molar-refractivity contribution in [1.29, 1.82) is 0 Å². The molecule has 6 N–H and O–H groups in total. The number of hydrogen-bond donors (Lipinski definition) is 5. The number of carbonyl (C=O) groups is 1. The maximum absolute atomic E-state index is 12.0. The van der Waals surface area contributed by atoms with Gasteiger partial charge in [-0.25, -0.2) is 9.97 Å². The predicted octanol–water partition coefficient (Wildman–Crippen LogP) is -2.02. The molecule has 1 fully saturated rings. The van der Waals surface area contributed by atoms with Crippen molar-refractivity contribution in [3.63, 3.8) is 0 Å². The smallest absolute Gasteiger partial charge is 0.253 e. The van der Waals surface area contributed by atoms with Crippen LogP contribution in [0.15, 0.2) is 12.5 Å². The molecule has 4 unspecified atom stereocenters. The molecule has 1 aliphatic rings. The molecule has 0 bridgehead atoms. The third-order valence-electron chi connectivity index (χ3n) is 3.90. The van der Waals surface area contributed by atoms with Crippen molar-refractivity contribution in [2.24, 2.45) is 0 Å². The van der Waals surface area contributed by atoms with Crippen molar-refractivity contribution in [3.8, 4) is 0 Å². The van der Waals surface area contributed by atoms with E-state index < -0.39 is 37.1 Å². The third kappa shape index (κ3) is 2.32. The van der Waals surface area contributed by atoms with Gasteiger partial charge < -0.3 is 35.7 Å². The van der Waals surface area contributed by atoms with Crippen LogP contribution in [0.2, 0.25) is 0 Å². The van der Waals surface area contributed by atoms with E-state index in [0.29, 0.717) is 5.39 Å². The van der Waals surface area contributed by atoms with Crippen LogP contribution in [-0.2, 0) is 4.74 Å². The largest absolute Gasteiger partial charge is 0.394 e. The van der Waals surface area contributed by atoms with Crippen molar-refractivity contribution < 1.29 is 24.9 Å². The maximum Gasteiger partial charge on any atom is 0.253 e. The summed E-state index contributed by atoms with van der Waals surface area (Å²) in [4.78, 5) is 20.0. The van der Waals surface area contributed by atoms with E-state index in [1.807, 2.05) is 0 Å². The van der Waals surface area contributed by atoms with Gasteiger partial charge in [0.1, 0.15) is 36.1 Å². The van der Waals surface area contributed by atoms with Gasteiger partial charge in [-0.15, -0.1) is 0 Å². The lowest BCUT2D eigenvalue weighted by molar-refractivity contribution is -0.0508. The molecule has 10 nitrogen and oxygen atoms in total. The molecule has 0 saturated carbocycles. The molecule has 1 saturated heterocycles. The van der Waals surface area contributed by atoms with Gasteiger partial charge in [-0.3, -0.25) is 4.79 Å². The average molecular weight is 323 g/mol. The molecule has 1 amide bonds. The summed E-state index contributed by atoms with van der Waals surface area (Å²) >= 11 is 0. The molecular weight excluding hydrogens is 306 g/mol. The molecule has 3 heterocycles. The summed E-state index contributed by atoms with van der Waals surface area (Å²) < 4.78 is 6.88. The molecular formula is C13H17N5O5. The monoisotopic (exact) mass is 323 g/mol. The lowest BCUT2D eigenvalue weighted by Gasteiger charge is -2.17. The van der Waals surface area contributed by atoms with Crippen LogP contribution in [0.25, 0.3) is 11.0 Å². The zero-order chi connectivity index (χ0) is 16.7. The Balaban J connectivity index is 2.16. The molecule has 2 aromatic heterocycles. The molecule has 0 aromatic carbocycles. The zero-order valence-corrected chi connectivity index (χ0v) is 12.2. The van der Waals surface area contributed by atoms with Crippen LogP contribution < -0.4 is 11.1 Å². The minimum atomic E-state index is -1.29. The number of hydrogen-bond acceptors (Lipinski definition) is 8. The van der Waals surface area contributed by atoms with Crippen LogP contribution in [0.3, 0.4) is 0 Å². The molecule has 23 heavy (non-hydrogen) atoms. The van der Waals surface area contributed by atoms with Crippen LogP contribution in [0.4, 0.5) is 5.82 Å². The number of ether oxygens (including phenoxy) is 1. The van der Waals surface area contributed by atoms with Crippen LogP contribution in [-0.4, -0.2) is 67.7 Å². The van der Waals surface area contributed by atoms with Gasteiger partial charge in [0.05, 0.1) is 17.6 Å². The van der Waals surface area contributed by atoms with Crippen molar-refractivity contribution in [2.75, 3.05) is 19.4 Å². The second-order valence-corrected chi connectivity index (χ2v) is 5.22.